The summed E-state index contributed by atoms with van der Waals surface area (Å²) >= 11 is 1.55. The lowest BCUT2D eigenvalue weighted by molar-refractivity contribution is 0.0942. The SMILES string of the molecule is CCC(N)(CC)CNC(=O)c1cscc1C. The minimum absolute atomic E-state index is 0.0181. The molecule has 0 aliphatic heterocycles. The van der Waals surface area contributed by atoms with Gasteiger partial charge in [0.15, 0.2) is 0 Å². The maximum absolute atomic E-state index is 11.8. The van der Waals surface area contributed by atoms with Gasteiger partial charge in [0.2, 0.25) is 0 Å². The van der Waals surface area contributed by atoms with Gasteiger partial charge in [-0.3, -0.25) is 4.79 Å². The van der Waals surface area contributed by atoms with Gasteiger partial charge >= 0.3 is 0 Å². The van der Waals surface area contributed by atoms with Crippen LogP contribution in [0.3, 0.4) is 0 Å². The predicted molar refractivity (Wildman–Crippen MR) is 68.9 cm³/mol. The number of nitrogens with one attached hydrogen (secondary N) is 1. The van der Waals surface area contributed by atoms with Gasteiger partial charge in [-0.2, -0.15) is 11.3 Å². The molecule has 0 bridgehead atoms. The number of carbonyl (C=O) groups is 1. The van der Waals surface area contributed by atoms with Crippen molar-refractivity contribution >= 4 is 17.2 Å². The topological polar surface area (TPSA) is 55.1 Å². The van der Waals surface area contributed by atoms with Crippen LogP contribution in [0, 0.1) is 6.92 Å². The molecule has 0 aliphatic carbocycles. The summed E-state index contributed by atoms with van der Waals surface area (Å²) in [6.45, 7) is 6.58. The molecule has 1 rings (SSSR count). The minimum atomic E-state index is -0.278. The molecule has 3 nitrogen and oxygen atoms in total. The van der Waals surface area contributed by atoms with Crippen molar-refractivity contribution in [2.45, 2.75) is 39.2 Å². The third-order valence-corrected chi connectivity index (χ3v) is 3.97. The first-order valence-corrected chi connectivity index (χ1v) is 6.56. The average molecular weight is 240 g/mol. The summed E-state index contributed by atoms with van der Waals surface area (Å²) in [5, 5.41) is 6.76. The van der Waals surface area contributed by atoms with Crippen LogP contribution in [-0.4, -0.2) is 18.0 Å². The summed E-state index contributed by atoms with van der Waals surface area (Å²) in [5.41, 5.74) is 7.64. The molecule has 1 aromatic rings. The fourth-order valence-electron chi connectivity index (χ4n) is 1.44. The highest BCUT2D eigenvalue weighted by molar-refractivity contribution is 7.08. The monoisotopic (exact) mass is 240 g/mol. The highest BCUT2D eigenvalue weighted by Crippen LogP contribution is 2.14. The molecule has 0 aromatic carbocycles. The van der Waals surface area contributed by atoms with Crippen LogP contribution in [0.15, 0.2) is 10.8 Å². The van der Waals surface area contributed by atoms with E-state index in [-0.39, 0.29) is 11.4 Å². The number of aryl methyl sites for hydroxylation is 1. The van der Waals surface area contributed by atoms with E-state index in [2.05, 4.69) is 5.32 Å². The van der Waals surface area contributed by atoms with Crippen LogP contribution in [0.4, 0.5) is 0 Å². The zero-order valence-electron chi connectivity index (χ0n) is 10.2. The van der Waals surface area contributed by atoms with E-state index >= 15 is 0 Å². The molecule has 3 N–H and O–H groups in total. The lowest BCUT2D eigenvalue weighted by atomic mass is 9.94. The van der Waals surface area contributed by atoms with E-state index in [4.69, 9.17) is 5.73 Å². The van der Waals surface area contributed by atoms with Gasteiger partial charge in [-0.15, -0.1) is 0 Å². The van der Waals surface area contributed by atoms with E-state index < -0.39 is 0 Å². The molecular weight excluding hydrogens is 220 g/mol. The molecule has 0 fully saturated rings. The smallest absolute Gasteiger partial charge is 0.252 e. The quantitative estimate of drug-likeness (QED) is 0.829. The summed E-state index contributed by atoms with van der Waals surface area (Å²) in [6, 6.07) is 0. The zero-order chi connectivity index (χ0) is 12.2. The fourth-order valence-corrected chi connectivity index (χ4v) is 2.27. The maximum Gasteiger partial charge on any atom is 0.252 e. The molecule has 0 radical (unpaired) electrons. The molecule has 0 atom stereocenters. The molecule has 0 spiro atoms. The van der Waals surface area contributed by atoms with Crippen molar-refractivity contribution in [2.24, 2.45) is 5.73 Å². The molecule has 90 valence electrons. The van der Waals surface area contributed by atoms with Crippen molar-refractivity contribution in [1.29, 1.82) is 0 Å². The van der Waals surface area contributed by atoms with E-state index in [0.717, 1.165) is 24.0 Å². The Bertz CT molecular complexity index is 356. The summed E-state index contributed by atoms with van der Waals surface area (Å²) in [7, 11) is 0. The molecule has 4 heteroatoms. The molecule has 1 aromatic heterocycles. The molecule has 1 heterocycles. The Labute approximate surface area is 101 Å². The molecule has 0 saturated heterocycles. The van der Waals surface area contributed by atoms with Crippen molar-refractivity contribution in [2.75, 3.05) is 6.54 Å². The summed E-state index contributed by atoms with van der Waals surface area (Å²) in [4.78, 5) is 11.8. The Kier molecular flexibility index (Phi) is 4.50. The van der Waals surface area contributed by atoms with E-state index in [9.17, 15) is 4.79 Å². The van der Waals surface area contributed by atoms with Gasteiger partial charge < -0.3 is 11.1 Å². The lowest BCUT2D eigenvalue weighted by Crippen LogP contribution is -2.49. The van der Waals surface area contributed by atoms with Crippen LogP contribution in [0.2, 0.25) is 0 Å². The third kappa shape index (κ3) is 3.06. The van der Waals surface area contributed by atoms with Crippen molar-refractivity contribution in [1.82, 2.24) is 5.32 Å². The van der Waals surface area contributed by atoms with Crippen LogP contribution in [0.5, 0.6) is 0 Å². The van der Waals surface area contributed by atoms with Gasteiger partial charge in [0.25, 0.3) is 5.91 Å². The van der Waals surface area contributed by atoms with Gasteiger partial charge in [0, 0.05) is 17.5 Å². The summed E-state index contributed by atoms with van der Waals surface area (Å²) in [5.74, 6) is -0.0181. The first kappa shape index (κ1) is 13.2. The first-order valence-electron chi connectivity index (χ1n) is 5.62. The first-order chi connectivity index (χ1) is 7.52. The number of nitrogens with two attached hydrogens (primary N) is 1. The summed E-state index contributed by atoms with van der Waals surface area (Å²) in [6.07, 6.45) is 1.73. The number of amides is 1. The zero-order valence-corrected chi connectivity index (χ0v) is 11.0. The van der Waals surface area contributed by atoms with Crippen LogP contribution >= 0.6 is 11.3 Å². The van der Waals surface area contributed by atoms with Crippen LogP contribution in [-0.2, 0) is 0 Å². The Balaban J connectivity index is 2.57. The number of thiophene rings is 1. The van der Waals surface area contributed by atoms with Crippen LogP contribution in [0.1, 0.15) is 42.6 Å². The number of hydrogen-bond acceptors (Lipinski definition) is 3. The average Bonchev–Trinajstić information content (AvgIpc) is 2.72. The lowest BCUT2D eigenvalue weighted by Gasteiger charge is -2.26. The van der Waals surface area contributed by atoms with Crippen molar-refractivity contribution in [3.8, 4) is 0 Å². The van der Waals surface area contributed by atoms with Crippen LogP contribution < -0.4 is 11.1 Å². The van der Waals surface area contributed by atoms with Gasteiger partial charge in [-0.1, -0.05) is 13.8 Å². The van der Waals surface area contributed by atoms with Crippen LogP contribution in [0.25, 0.3) is 0 Å². The Morgan fingerprint density at radius 3 is 2.50 bits per heavy atom. The number of rotatable bonds is 5. The second-order valence-electron chi connectivity index (χ2n) is 4.22. The fraction of sp³-hybridized carbons (Fsp3) is 0.583. The van der Waals surface area contributed by atoms with Gasteiger partial charge in [0.1, 0.15) is 0 Å². The third-order valence-electron chi connectivity index (χ3n) is 3.11. The standard InChI is InChI=1S/C12H20N2OS/c1-4-12(13,5-2)8-14-11(15)10-7-16-6-9(10)3/h6-7H,4-5,8,13H2,1-3H3,(H,14,15). The molecular formula is C12H20N2OS. The highest BCUT2D eigenvalue weighted by atomic mass is 32.1. The van der Waals surface area contributed by atoms with Crippen molar-refractivity contribution in [3.63, 3.8) is 0 Å². The Morgan fingerprint density at radius 2 is 2.06 bits per heavy atom. The van der Waals surface area contributed by atoms with Gasteiger partial charge in [0.05, 0.1) is 5.56 Å². The Morgan fingerprint density at radius 1 is 1.44 bits per heavy atom. The number of hydrogen-bond donors (Lipinski definition) is 2. The molecule has 0 saturated carbocycles. The maximum atomic E-state index is 11.8. The van der Waals surface area contributed by atoms with Crippen molar-refractivity contribution < 1.29 is 4.79 Å². The minimum Gasteiger partial charge on any atom is -0.350 e. The second-order valence-corrected chi connectivity index (χ2v) is 4.96. The number of carbonyl (C=O) groups excluding carboxylic acids is 1. The van der Waals surface area contributed by atoms with E-state index in [1.54, 1.807) is 11.3 Å². The molecule has 0 unspecified atom stereocenters. The van der Waals surface area contributed by atoms with E-state index in [1.165, 1.54) is 0 Å². The molecule has 16 heavy (non-hydrogen) atoms. The van der Waals surface area contributed by atoms with Gasteiger partial charge in [-0.25, -0.2) is 0 Å². The largest absolute Gasteiger partial charge is 0.350 e. The Hall–Kier alpha value is -0.870. The predicted octanol–water partition coefficient (Wildman–Crippen LogP) is 2.30. The van der Waals surface area contributed by atoms with Gasteiger partial charge in [-0.05, 0) is 30.7 Å². The highest BCUT2D eigenvalue weighted by Gasteiger charge is 2.21. The van der Waals surface area contributed by atoms with E-state index in [1.807, 2.05) is 31.5 Å². The summed E-state index contributed by atoms with van der Waals surface area (Å²) < 4.78 is 0. The molecule has 1 amide bonds. The van der Waals surface area contributed by atoms with Crippen molar-refractivity contribution in [3.05, 3.63) is 21.9 Å². The molecule has 0 aliphatic rings. The van der Waals surface area contributed by atoms with E-state index in [0.29, 0.717) is 6.54 Å². The second kappa shape index (κ2) is 5.46. The normalized spacial score (nSPS) is 11.5.